The SMILES string of the molecule is CCc1ccc(C(=O)Nc2ccc(OC)c(OC)c2)o1. The van der Waals surface area contributed by atoms with Gasteiger partial charge in [-0.2, -0.15) is 0 Å². The summed E-state index contributed by atoms with van der Waals surface area (Å²) in [5.74, 6) is 1.94. The van der Waals surface area contributed by atoms with Gasteiger partial charge in [0.25, 0.3) is 5.91 Å². The van der Waals surface area contributed by atoms with Crippen LogP contribution in [0.5, 0.6) is 11.5 Å². The van der Waals surface area contributed by atoms with E-state index in [1.165, 1.54) is 0 Å². The van der Waals surface area contributed by atoms with Crippen molar-refractivity contribution in [1.82, 2.24) is 0 Å². The number of carbonyl (C=O) groups excluding carboxylic acids is 1. The van der Waals surface area contributed by atoms with Gasteiger partial charge in [0.15, 0.2) is 17.3 Å². The van der Waals surface area contributed by atoms with Crippen LogP contribution < -0.4 is 14.8 Å². The van der Waals surface area contributed by atoms with Crippen molar-refractivity contribution in [1.29, 1.82) is 0 Å². The van der Waals surface area contributed by atoms with Gasteiger partial charge in [-0.05, 0) is 24.3 Å². The van der Waals surface area contributed by atoms with E-state index >= 15 is 0 Å². The van der Waals surface area contributed by atoms with Crippen molar-refractivity contribution < 1.29 is 18.7 Å². The Morgan fingerprint density at radius 2 is 1.90 bits per heavy atom. The molecule has 5 nitrogen and oxygen atoms in total. The smallest absolute Gasteiger partial charge is 0.291 e. The van der Waals surface area contributed by atoms with Gasteiger partial charge in [-0.1, -0.05) is 6.92 Å². The highest BCUT2D eigenvalue weighted by atomic mass is 16.5. The quantitative estimate of drug-likeness (QED) is 0.910. The summed E-state index contributed by atoms with van der Waals surface area (Å²) < 4.78 is 15.7. The molecule has 1 amide bonds. The normalized spacial score (nSPS) is 10.2. The molecule has 0 unspecified atom stereocenters. The largest absolute Gasteiger partial charge is 0.493 e. The molecule has 0 aliphatic heterocycles. The molecule has 0 saturated carbocycles. The molecule has 5 heteroatoms. The average molecular weight is 275 g/mol. The maximum atomic E-state index is 12.0. The predicted molar refractivity (Wildman–Crippen MR) is 75.6 cm³/mol. The summed E-state index contributed by atoms with van der Waals surface area (Å²) >= 11 is 0. The summed E-state index contributed by atoms with van der Waals surface area (Å²) in [6, 6.07) is 8.62. The number of hydrogen-bond donors (Lipinski definition) is 1. The fraction of sp³-hybridized carbons (Fsp3) is 0.267. The van der Waals surface area contributed by atoms with Crippen LogP contribution in [0.3, 0.4) is 0 Å². The second-order valence-electron chi connectivity index (χ2n) is 4.14. The molecule has 0 bridgehead atoms. The Hall–Kier alpha value is -2.43. The number of amides is 1. The molecule has 0 aliphatic carbocycles. The van der Waals surface area contributed by atoms with Crippen LogP contribution in [0, 0.1) is 0 Å². The Balaban J connectivity index is 2.15. The number of aryl methyl sites for hydroxylation is 1. The van der Waals surface area contributed by atoms with E-state index in [0.29, 0.717) is 17.2 Å². The molecule has 1 aromatic carbocycles. The molecule has 0 atom stereocenters. The summed E-state index contributed by atoms with van der Waals surface area (Å²) in [5, 5.41) is 2.75. The third kappa shape index (κ3) is 2.93. The molecule has 0 spiro atoms. The van der Waals surface area contributed by atoms with Crippen molar-refractivity contribution in [3.63, 3.8) is 0 Å². The van der Waals surface area contributed by atoms with Gasteiger partial charge in [-0.25, -0.2) is 0 Å². The molecular weight excluding hydrogens is 258 g/mol. The maximum absolute atomic E-state index is 12.0. The second kappa shape index (κ2) is 6.14. The van der Waals surface area contributed by atoms with Crippen LogP contribution in [0.15, 0.2) is 34.7 Å². The third-order valence-electron chi connectivity index (χ3n) is 2.88. The molecule has 2 aromatic rings. The first-order valence-corrected chi connectivity index (χ1v) is 6.30. The van der Waals surface area contributed by atoms with E-state index in [0.717, 1.165) is 12.2 Å². The standard InChI is InChI=1S/C15H17NO4/c1-4-11-6-8-13(20-11)15(17)16-10-5-7-12(18-2)14(9-10)19-3/h5-9H,4H2,1-3H3,(H,16,17). The minimum absolute atomic E-state index is 0.289. The Kier molecular flexibility index (Phi) is 4.30. The summed E-state index contributed by atoms with van der Waals surface area (Å²) in [7, 11) is 3.11. The number of hydrogen-bond acceptors (Lipinski definition) is 4. The molecule has 106 valence electrons. The van der Waals surface area contributed by atoms with E-state index in [9.17, 15) is 4.79 Å². The lowest BCUT2D eigenvalue weighted by Gasteiger charge is -2.09. The van der Waals surface area contributed by atoms with Crippen molar-refractivity contribution in [2.24, 2.45) is 0 Å². The van der Waals surface area contributed by atoms with Crippen LogP contribution in [0.25, 0.3) is 0 Å². The summed E-state index contributed by atoms with van der Waals surface area (Å²) in [4.78, 5) is 12.0. The van der Waals surface area contributed by atoms with E-state index in [-0.39, 0.29) is 11.7 Å². The van der Waals surface area contributed by atoms with Crippen molar-refractivity contribution in [2.45, 2.75) is 13.3 Å². The van der Waals surface area contributed by atoms with Crippen molar-refractivity contribution in [3.8, 4) is 11.5 Å². The van der Waals surface area contributed by atoms with Gasteiger partial charge in [-0.15, -0.1) is 0 Å². The van der Waals surface area contributed by atoms with Crippen LogP contribution in [0.2, 0.25) is 0 Å². The second-order valence-corrected chi connectivity index (χ2v) is 4.14. The maximum Gasteiger partial charge on any atom is 0.291 e. The molecule has 2 rings (SSSR count). The topological polar surface area (TPSA) is 60.7 Å². The molecular formula is C15H17NO4. The van der Waals surface area contributed by atoms with E-state index in [1.54, 1.807) is 44.6 Å². The Bertz CT molecular complexity index is 604. The van der Waals surface area contributed by atoms with Crippen LogP contribution in [-0.4, -0.2) is 20.1 Å². The molecule has 1 N–H and O–H groups in total. The first-order chi connectivity index (χ1) is 9.67. The molecule has 1 aromatic heterocycles. The molecule has 0 radical (unpaired) electrons. The monoisotopic (exact) mass is 275 g/mol. The minimum atomic E-state index is -0.295. The molecule has 20 heavy (non-hydrogen) atoms. The van der Waals surface area contributed by atoms with Crippen LogP contribution in [-0.2, 0) is 6.42 Å². The fourth-order valence-corrected chi connectivity index (χ4v) is 1.80. The predicted octanol–water partition coefficient (Wildman–Crippen LogP) is 3.11. The molecule has 0 saturated heterocycles. The Morgan fingerprint density at radius 3 is 2.50 bits per heavy atom. The van der Waals surface area contributed by atoms with Gasteiger partial charge in [0, 0.05) is 18.2 Å². The number of anilines is 1. The number of methoxy groups -OCH3 is 2. The van der Waals surface area contributed by atoms with E-state index < -0.39 is 0 Å². The van der Waals surface area contributed by atoms with Gasteiger partial charge >= 0.3 is 0 Å². The number of benzene rings is 1. The minimum Gasteiger partial charge on any atom is -0.493 e. The zero-order chi connectivity index (χ0) is 14.5. The van der Waals surface area contributed by atoms with Gasteiger partial charge in [0.05, 0.1) is 14.2 Å². The molecule has 0 fully saturated rings. The first-order valence-electron chi connectivity index (χ1n) is 6.30. The highest BCUT2D eigenvalue weighted by molar-refractivity contribution is 6.02. The highest BCUT2D eigenvalue weighted by Crippen LogP contribution is 2.29. The first kappa shape index (κ1) is 14.0. The molecule has 0 aliphatic rings. The molecule has 1 heterocycles. The summed E-state index contributed by atoms with van der Waals surface area (Å²) in [6.07, 6.45) is 0.754. The van der Waals surface area contributed by atoms with Crippen molar-refractivity contribution in [3.05, 3.63) is 41.9 Å². The summed E-state index contributed by atoms with van der Waals surface area (Å²) in [6.45, 7) is 1.97. The zero-order valence-electron chi connectivity index (χ0n) is 11.7. The van der Waals surface area contributed by atoms with E-state index in [2.05, 4.69) is 5.32 Å². The lowest BCUT2D eigenvalue weighted by molar-refractivity contribution is 0.0995. The Labute approximate surface area is 117 Å². The van der Waals surface area contributed by atoms with Crippen LogP contribution in [0.4, 0.5) is 5.69 Å². The zero-order valence-corrected chi connectivity index (χ0v) is 11.7. The van der Waals surface area contributed by atoms with Crippen molar-refractivity contribution in [2.75, 3.05) is 19.5 Å². The van der Waals surface area contributed by atoms with Gasteiger partial charge in [-0.3, -0.25) is 4.79 Å². The fourth-order valence-electron chi connectivity index (χ4n) is 1.80. The van der Waals surface area contributed by atoms with E-state index in [1.807, 2.05) is 6.92 Å². The van der Waals surface area contributed by atoms with Crippen molar-refractivity contribution >= 4 is 11.6 Å². The number of rotatable bonds is 5. The number of ether oxygens (including phenoxy) is 2. The van der Waals surface area contributed by atoms with E-state index in [4.69, 9.17) is 13.9 Å². The van der Waals surface area contributed by atoms with Crippen LogP contribution >= 0.6 is 0 Å². The van der Waals surface area contributed by atoms with Crippen LogP contribution in [0.1, 0.15) is 23.2 Å². The Morgan fingerprint density at radius 1 is 1.15 bits per heavy atom. The number of nitrogens with one attached hydrogen (secondary N) is 1. The summed E-state index contributed by atoms with van der Waals surface area (Å²) in [5.41, 5.74) is 0.613. The number of carbonyl (C=O) groups is 1. The highest BCUT2D eigenvalue weighted by Gasteiger charge is 2.12. The van der Waals surface area contributed by atoms with Gasteiger partial charge in [0.1, 0.15) is 5.76 Å². The average Bonchev–Trinajstić information content (AvgIpc) is 2.96. The lowest BCUT2D eigenvalue weighted by atomic mass is 10.2. The lowest BCUT2D eigenvalue weighted by Crippen LogP contribution is -2.11. The number of furan rings is 1. The van der Waals surface area contributed by atoms with Gasteiger partial charge < -0.3 is 19.2 Å². The third-order valence-corrected chi connectivity index (χ3v) is 2.88. The van der Waals surface area contributed by atoms with Gasteiger partial charge in [0.2, 0.25) is 0 Å².